The maximum absolute atomic E-state index is 6.99. The van der Waals surface area contributed by atoms with Crippen molar-refractivity contribution in [3.05, 3.63) is 29.8 Å². The minimum absolute atomic E-state index is 0.0668. The summed E-state index contributed by atoms with van der Waals surface area (Å²) in [5, 5.41) is 6.99. The molecule has 0 amide bonds. The number of nitrogens with one attached hydrogen (secondary N) is 1. The lowest BCUT2D eigenvalue weighted by atomic mass is 10.2. The van der Waals surface area contributed by atoms with Crippen LogP contribution in [-0.4, -0.2) is 25.2 Å². The number of amidine groups is 1. The number of aliphatic imine (C=N–C) groups is 1. The Bertz CT molecular complexity index is 343. The average molecular weight is 205 g/mol. The predicted octanol–water partition coefficient (Wildman–Crippen LogP) is 1.44. The minimum Gasteiger partial charge on any atom is -0.494 e. The van der Waals surface area contributed by atoms with Gasteiger partial charge in [0.2, 0.25) is 0 Å². The summed E-state index contributed by atoms with van der Waals surface area (Å²) in [5.74, 6) is 0.915. The van der Waals surface area contributed by atoms with Crippen LogP contribution >= 0.6 is 0 Å². The lowest BCUT2D eigenvalue weighted by Crippen LogP contribution is -2.12. The summed E-state index contributed by atoms with van der Waals surface area (Å²) in [4.78, 5) is 4.00. The third-order valence-corrected chi connectivity index (χ3v) is 1.69. The molecule has 0 spiro atoms. The van der Waals surface area contributed by atoms with Crippen molar-refractivity contribution in [3.8, 4) is 5.75 Å². The third-order valence-electron chi connectivity index (χ3n) is 1.69. The molecule has 3 N–H and O–H groups in total. The minimum atomic E-state index is 0.0668. The second-order valence-electron chi connectivity index (χ2n) is 3.00. The van der Waals surface area contributed by atoms with Crippen molar-refractivity contribution in [2.75, 3.05) is 13.2 Å². The summed E-state index contributed by atoms with van der Waals surface area (Å²) >= 11 is 0. The molecular weight excluding hydrogens is 190 g/mol. The van der Waals surface area contributed by atoms with Gasteiger partial charge in [-0.25, -0.2) is 0 Å². The quantitative estimate of drug-likeness (QED) is 0.564. The lowest BCUT2D eigenvalue weighted by molar-refractivity contribution is 0.340. The Morgan fingerprint density at radius 3 is 2.67 bits per heavy atom. The first-order valence-corrected chi connectivity index (χ1v) is 4.78. The largest absolute Gasteiger partial charge is 0.494 e. The van der Waals surface area contributed by atoms with E-state index in [4.69, 9.17) is 15.9 Å². The highest BCUT2D eigenvalue weighted by atomic mass is 16.5. The smallest absolute Gasteiger partial charge is 0.119 e. The standard InChI is InChI=1S/C11H15N3O/c1-2-15-10-5-3-9(4-6-10)7-14-8-11(12)13/h3-7H,2,8H2,1H3,(H3,12,13). The van der Waals surface area contributed by atoms with Crippen LogP contribution < -0.4 is 10.5 Å². The Balaban J connectivity index is 2.56. The SMILES string of the molecule is CCOc1ccc(C=NCC(=N)N)cc1. The number of rotatable bonds is 5. The van der Waals surface area contributed by atoms with Crippen LogP contribution in [-0.2, 0) is 0 Å². The molecule has 1 rings (SSSR count). The molecule has 4 heteroatoms. The van der Waals surface area contributed by atoms with Gasteiger partial charge in [-0.05, 0) is 36.8 Å². The summed E-state index contributed by atoms with van der Waals surface area (Å²) < 4.78 is 5.30. The Morgan fingerprint density at radius 1 is 1.47 bits per heavy atom. The van der Waals surface area contributed by atoms with Crippen LogP contribution in [0.1, 0.15) is 12.5 Å². The zero-order valence-corrected chi connectivity index (χ0v) is 8.73. The van der Waals surface area contributed by atoms with Gasteiger partial charge in [0.15, 0.2) is 0 Å². The van der Waals surface area contributed by atoms with Crippen molar-refractivity contribution in [3.63, 3.8) is 0 Å². The van der Waals surface area contributed by atoms with Crippen molar-refractivity contribution in [1.82, 2.24) is 0 Å². The van der Waals surface area contributed by atoms with Gasteiger partial charge in [0.05, 0.1) is 13.2 Å². The fourth-order valence-electron chi connectivity index (χ4n) is 1.07. The first kappa shape index (κ1) is 11.2. The number of benzene rings is 1. The molecule has 0 atom stereocenters. The van der Waals surface area contributed by atoms with Gasteiger partial charge >= 0.3 is 0 Å². The van der Waals surface area contributed by atoms with Gasteiger partial charge in [-0.1, -0.05) is 0 Å². The molecule has 80 valence electrons. The predicted molar refractivity (Wildman–Crippen MR) is 62.0 cm³/mol. The zero-order valence-electron chi connectivity index (χ0n) is 8.73. The highest BCUT2D eigenvalue weighted by Crippen LogP contribution is 2.10. The molecule has 0 fully saturated rings. The van der Waals surface area contributed by atoms with Crippen molar-refractivity contribution in [2.24, 2.45) is 10.7 Å². The highest BCUT2D eigenvalue weighted by Gasteiger charge is 1.91. The molecule has 0 radical (unpaired) electrons. The fraction of sp³-hybridized carbons (Fsp3) is 0.273. The van der Waals surface area contributed by atoms with Gasteiger partial charge in [-0.3, -0.25) is 10.4 Å². The van der Waals surface area contributed by atoms with Crippen molar-refractivity contribution in [1.29, 1.82) is 5.41 Å². The van der Waals surface area contributed by atoms with E-state index < -0.39 is 0 Å². The fourth-order valence-corrected chi connectivity index (χ4v) is 1.07. The van der Waals surface area contributed by atoms with Gasteiger partial charge in [0.1, 0.15) is 11.6 Å². The first-order valence-electron chi connectivity index (χ1n) is 4.78. The van der Waals surface area contributed by atoms with E-state index in [0.717, 1.165) is 11.3 Å². The maximum atomic E-state index is 6.99. The molecule has 0 aliphatic heterocycles. The maximum Gasteiger partial charge on any atom is 0.119 e. The van der Waals surface area contributed by atoms with E-state index in [1.807, 2.05) is 31.2 Å². The van der Waals surface area contributed by atoms with Crippen LogP contribution in [0.3, 0.4) is 0 Å². The van der Waals surface area contributed by atoms with Gasteiger partial charge in [0, 0.05) is 6.21 Å². The molecule has 0 aliphatic rings. The van der Waals surface area contributed by atoms with E-state index in [1.54, 1.807) is 6.21 Å². The van der Waals surface area contributed by atoms with Crippen molar-refractivity contribution < 1.29 is 4.74 Å². The molecular formula is C11H15N3O. The van der Waals surface area contributed by atoms with Crippen LogP contribution in [0.2, 0.25) is 0 Å². The van der Waals surface area contributed by atoms with E-state index in [-0.39, 0.29) is 12.4 Å². The molecule has 15 heavy (non-hydrogen) atoms. The normalized spacial score (nSPS) is 10.5. The molecule has 0 heterocycles. The summed E-state index contributed by atoms with van der Waals surface area (Å²) in [7, 11) is 0. The van der Waals surface area contributed by atoms with Crippen molar-refractivity contribution >= 4 is 12.1 Å². The van der Waals surface area contributed by atoms with E-state index in [9.17, 15) is 0 Å². The number of nitrogens with two attached hydrogens (primary N) is 1. The molecule has 0 bridgehead atoms. The lowest BCUT2D eigenvalue weighted by Gasteiger charge is -2.01. The molecule has 1 aromatic carbocycles. The molecule has 4 nitrogen and oxygen atoms in total. The monoisotopic (exact) mass is 205 g/mol. The Morgan fingerprint density at radius 2 is 2.13 bits per heavy atom. The Hall–Kier alpha value is -1.84. The van der Waals surface area contributed by atoms with Crippen LogP contribution in [0.15, 0.2) is 29.3 Å². The van der Waals surface area contributed by atoms with E-state index >= 15 is 0 Å². The Labute approximate surface area is 89.3 Å². The number of ether oxygens (including phenoxy) is 1. The molecule has 0 unspecified atom stereocenters. The number of hydrogen-bond acceptors (Lipinski definition) is 3. The van der Waals surface area contributed by atoms with Gasteiger partial charge in [0.25, 0.3) is 0 Å². The highest BCUT2D eigenvalue weighted by molar-refractivity contribution is 5.84. The summed E-state index contributed by atoms with van der Waals surface area (Å²) in [6.45, 7) is 2.85. The molecule has 0 aromatic heterocycles. The Kier molecular flexibility index (Phi) is 4.34. The van der Waals surface area contributed by atoms with Crippen LogP contribution in [0.25, 0.3) is 0 Å². The van der Waals surface area contributed by atoms with Crippen LogP contribution in [0.4, 0.5) is 0 Å². The summed E-state index contributed by atoms with van der Waals surface area (Å²) in [6.07, 6.45) is 1.69. The van der Waals surface area contributed by atoms with Crippen LogP contribution in [0.5, 0.6) is 5.75 Å². The molecule has 0 aliphatic carbocycles. The topological polar surface area (TPSA) is 71.5 Å². The average Bonchev–Trinajstić information content (AvgIpc) is 2.20. The van der Waals surface area contributed by atoms with Gasteiger partial charge < -0.3 is 10.5 Å². The molecule has 1 aromatic rings. The van der Waals surface area contributed by atoms with Gasteiger partial charge in [-0.15, -0.1) is 0 Å². The third kappa shape index (κ3) is 4.26. The number of hydrogen-bond donors (Lipinski definition) is 2. The van der Waals surface area contributed by atoms with E-state index in [0.29, 0.717) is 6.61 Å². The molecule has 0 saturated heterocycles. The second-order valence-corrected chi connectivity index (χ2v) is 3.00. The van der Waals surface area contributed by atoms with E-state index in [1.165, 1.54) is 0 Å². The van der Waals surface area contributed by atoms with Crippen molar-refractivity contribution in [2.45, 2.75) is 6.92 Å². The summed E-state index contributed by atoms with van der Waals surface area (Å²) in [5.41, 5.74) is 6.14. The first-order chi connectivity index (χ1) is 7.22. The van der Waals surface area contributed by atoms with E-state index in [2.05, 4.69) is 4.99 Å². The molecule has 0 saturated carbocycles. The van der Waals surface area contributed by atoms with Gasteiger partial charge in [-0.2, -0.15) is 0 Å². The second kappa shape index (κ2) is 5.80. The van der Waals surface area contributed by atoms with Crippen LogP contribution in [0, 0.1) is 5.41 Å². The number of nitrogens with zero attached hydrogens (tertiary/aromatic N) is 1. The summed E-state index contributed by atoms with van der Waals surface area (Å²) in [6, 6.07) is 7.60. The zero-order chi connectivity index (χ0) is 11.1.